The quantitative estimate of drug-likeness (QED) is 0.434. The van der Waals surface area contributed by atoms with E-state index in [1.807, 2.05) is 0 Å². The van der Waals surface area contributed by atoms with Gasteiger partial charge in [-0.2, -0.15) is 0 Å². The van der Waals surface area contributed by atoms with E-state index >= 15 is 0 Å². The van der Waals surface area contributed by atoms with Gasteiger partial charge in [0.2, 0.25) is 10.0 Å². The molecular weight excluding hydrogens is 322 g/mol. The first kappa shape index (κ1) is 17.2. The fraction of sp³-hybridized carbons (Fsp3) is 0.333. The minimum Gasteiger partial charge on any atom is -0.207 e. The number of rotatable bonds is 7. The summed E-state index contributed by atoms with van der Waals surface area (Å²) in [5, 5.41) is 0. The van der Waals surface area contributed by atoms with Crippen LogP contribution in [0.4, 0.5) is 0 Å². The highest BCUT2D eigenvalue weighted by molar-refractivity contribution is 8.14. The van der Waals surface area contributed by atoms with Crippen molar-refractivity contribution >= 4 is 29.8 Å². The van der Waals surface area contributed by atoms with Gasteiger partial charge in [-0.25, -0.2) is 21.1 Å². The van der Waals surface area contributed by atoms with E-state index in [0.717, 1.165) is 4.31 Å². The van der Waals surface area contributed by atoms with Gasteiger partial charge in [-0.15, -0.1) is 6.58 Å². The molecule has 0 aliphatic heterocycles. The molecule has 0 atom stereocenters. The standard InChI is InChI=1S/C12H16ClNO4S2/c1-3-4-7-10-14(2)20(17,18)12-9-6-5-8-11(12)19(13,15)16/h3,5-6,8-9H,1,4,7,10H2,2H3. The first-order valence-electron chi connectivity index (χ1n) is 5.82. The van der Waals surface area contributed by atoms with Gasteiger partial charge in [0.05, 0.1) is 0 Å². The lowest BCUT2D eigenvalue weighted by molar-refractivity contribution is 0.461. The fourth-order valence-corrected chi connectivity index (χ4v) is 4.62. The van der Waals surface area contributed by atoms with Crippen LogP contribution in [0.1, 0.15) is 12.8 Å². The number of nitrogens with zero attached hydrogens (tertiary/aromatic N) is 1. The average Bonchev–Trinajstić information content (AvgIpc) is 2.38. The number of halogens is 1. The Labute approximate surface area is 124 Å². The van der Waals surface area contributed by atoms with Crippen molar-refractivity contribution < 1.29 is 16.8 Å². The third-order valence-electron chi connectivity index (χ3n) is 2.68. The first-order chi connectivity index (χ1) is 9.21. The summed E-state index contributed by atoms with van der Waals surface area (Å²) >= 11 is 0. The molecule has 0 aromatic heterocycles. The summed E-state index contributed by atoms with van der Waals surface area (Å²) in [5.74, 6) is 0. The Morgan fingerprint density at radius 3 is 2.25 bits per heavy atom. The minimum absolute atomic E-state index is 0.269. The predicted octanol–water partition coefficient (Wildman–Crippen LogP) is 2.20. The van der Waals surface area contributed by atoms with Crippen LogP contribution >= 0.6 is 10.7 Å². The minimum atomic E-state index is -4.13. The molecule has 0 aliphatic carbocycles. The van der Waals surface area contributed by atoms with Gasteiger partial charge in [0.25, 0.3) is 9.05 Å². The molecule has 0 saturated carbocycles. The Morgan fingerprint density at radius 1 is 1.20 bits per heavy atom. The SMILES string of the molecule is C=CCCCN(C)S(=O)(=O)c1ccccc1S(=O)(=O)Cl. The summed E-state index contributed by atoms with van der Waals surface area (Å²) in [6.45, 7) is 3.83. The van der Waals surface area contributed by atoms with Crippen LogP contribution in [0.5, 0.6) is 0 Å². The Morgan fingerprint density at radius 2 is 1.75 bits per heavy atom. The van der Waals surface area contributed by atoms with Gasteiger partial charge >= 0.3 is 0 Å². The fourth-order valence-electron chi connectivity index (χ4n) is 1.61. The second kappa shape index (κ2) is 6.71. The molecule has 20 heavy (non-hydrogen) atoms. The molecule has 0 fully saturated rings. The Kier molecular flexibility index (Phi) is 5.76. The van der Waals surface area contributed by atoms with Crippen LogP contribution in [0.2, 0.25) is 0 Å². The molecule has 0 bridgehead atoms. The highest BCUT2D eigenvalue weighted by atomic mass is 35.7. The molecule has 0 amide bonds. The highest BCUT2D eigenvalue weighted by Gasteiger charge is 2.27. The van der Waals surface area contributed by atoms with E-state index in [2.05, 4.69) is 6.58 Å². The Balaban J connectivity index is 3.20. The normalized spacial score (nSPS) is 12.6. The second-order valence-corrected chi connectivity index (χ2v) is 8.69. The van der Waals surface area contributed by atoms with E-state index in [9.17, 15) is 16.8 Å². The van der Waals surface area contributed by atoms with Crippen LogP contribution in [0.25, 0.3) is 0 Å². The number of unbranched alkanes of at least 4 members (excludes halogenated alkanes) is 1. The molecule has 8 heteroatoms. The average molecular weight is 338 g/mol. The summed E-state index contributed by atoms with van der Waals surface area (Å²) < 4.78 is 48.8. The molecule has 0 aliphatic rings. The van der Waals surface area contributed by atoms with Crippen molar-refractivity contribution in [3.05, 3.63) is 36.9 Å². The van der Waals surface area contributed by atoms with E-state index in [1.165, 1.54) is 31.3 Å². The molecule has 5 nitrogen and oxygen atoms in total. The number of sulfonamides is 1. The third-order valence-corrected chi connectivity index (χ3v) is 6.11. The van der Waals surface area contributed by atoms with Gasteiger partial charge in [-0.1, -0.05) is 18.2 Å². The van der Waals surface area contributed by atoms with Gasteiger partial charge in [-0.3, -0.25) is 0 Å². The maximum atomic E-state index is 12.4. The van der Waals surface area contributed by atoms with Crippen LogP contribution in [0.3, 0.4) is 0 Å². The molecule has 0 saturated heterocycles. The van der Waals surface area contributed by atoms with E-state index < -0.39 is 24.0 Å². The van der Waals surface area contributed by atoms with Gasteiger partial charge in [0.15, 0.2) is 0 Å². The number of benzene rings is 1. The van der Waals surface area contributed by atoms with Crippen molar-refractivity contribution in [1.29, 1.82) is 0 Å². The lowest BCUT2D eigenvalue weighted by Gasteiger charge is -2.18. The molecule has 0 spiro atoms. The molecule has 0 N–H and O–H groups in total. The molecule has 1 aromatic rings. The monoisotopic (exact) mass is 337 g/mol. The van der Waals surface area contributed by atoms with Gasteiger partial charge < -0.3 is 0 Å². The van der Waals surface area contributed by atoms with Crippen molar-refractivity contribution in [2.24, 2.45) is 0 Å². The summed E-state index contributed by atoms with van der Waals surface area (Å²) in [6.07, 6.45) is 2.97. The lowest BCUT2D eigenvalue weighted by Crippen LogP contribution is -2.28. The second-order valence-electron chi connectivity index (χ2n) is 4.14. The largest absolute Gasteiger partial charge is 0.262 e. The number of allylic oxidation sites excluding steroid dienone is 1. The zero-order valence-electron chi connectivity index (χ0n) is 11.0. The topological polar surface area (TPSA) is 71.5 Å². The molecule has 0 radical (unpaired) electrons. The zero-order valence-corrected chi connectivity index (χ0v) is 13.4. The van der Waals surface area contributed by atoms with Crippen molar-refractivity contribution in [2.45, 2.75) is 22.6 Å². The summed E-state index contributed by atoms with van der Waals surface area (Å²) in [5.41, 5.74) is 0. The summed E-state index contributed by atoms with van der Waals surface area (Å²) in [6, 6.07) is 5.28. The zero-order chi connectivity index (χ0) is 15.4. The molecular formula is C12H16ClNO4S2. The van der Waals surface area contributed by atoms with E-state index in [0.29, 0.717) is 12.8 Å². The van der Waals surface area contributed by atoms with Crippen molar-refractivity contribution in [3.8, 4) is 0 Å². The molecule has 1 rings (SSSR count). The number of hydrogen-bond donors (Lipinski definition) is 0. The molecule has 1 aromatic carbocycles. The van der Waals surface area contributed by atoms with Crippen LogP contribution < -0.4 is 0 Å². The first-order valence-corrected chi connectivity index (χ1v) is 9.57. The van der Waals surface area contributed by atoms with Crippen LogP contribution in [-0.4, -0.2) is 34.7 Å². The van der Waals surface area contributed by atoms with Crippen molar-refractivity contribution in [3.63, 3.8) is 0 Å². The van der Waals surface area contributed by atoms with Gasteiger partial charge in [0.1, 0.15) is 9.79 Å². The molecule has 0 heterocycles. The van der Waals surface area contributed by atoms with Crippen molar-refractivity contribution in [1.82, 2.24) is 4.31 Å². The van der Waals surface area contributed by atoms with E-state index in [1.54, 1.807) is 6.08 Å². The van der Waals surface area contributed by atoms with Crippen LogP contribution in [0, 0.1) is 0 Å². The van der Waals surface area contributed by atoms with E-state index in [-0.39, 0.29) is 11.4 Å². The van der Waals surface area contributed by atoms with Gasteiger partial charge in [-0.05, 0) is 25.0 Å². The maximum Gasteiger partial charge on any atom is 0.262 e. The van der Waals surface area contributed by atoms with Crippen molar-refractivity contribution in [2.75, 3.05) is 13.6 Å². The third kappa shape index (κ3) is 4.05. The van der Waals surface area contributed by atoms with Crippen LogP contribution in [-0.2, 0) is 19.1 Å². The van der Waals surface area contributed by atoms with Crippen LogP contribution in [0.15, 0.2) is 46.7 Å². The smallest absolute Gasteiger partial charge is 0.207 e. The maximum absolute atomic E-state index is 12.4. The van der Waals surface area contributed by atoms with Gasteiger partial charge in [0, 0.05) is 24.3 Å². The molecule has 112 valence electrons. The number of hydrogen-bond acceptors (Lipinski definition) is 4. The summed E-state index contributed by atoms with van der Waals surface area (Å²) in [4.78, 5) is -0.714. The molecule has 0 unspecified atom stereocenters. The van der Waals surface area contributed by atoms with E-state index in [4.69, 9.17) is 10.7 Å². The highest BCUT2D eigenvalue weighted by Crippen LogP contribution is 2.26. The summed E-state index contributed by atoms with van der Waals surface area (Å²) in [7, 11) is -1.35. The lowest BCUT2D eigenvalue weighted by atomic mass is 10.3. The Bertz CT molecular complexity index is 683. The predicted molar refractivity (Wildman–Crippen MR) is 78.7 cm³/mol. The Hall–Kier alpha value is -0.890.